The highest BCUT2D eigenvalue weighted by Gasteiger charge is 2.40. The molecule has 1 rings (SSSR count). The maximum atomic E-state index is 10.9. The van der Waals surface area contributed by atoms with Crippen molar-refractivity contribution in [2.75, 3.05) is 0 Å². The molecule has 92 valence electrons. The number of aliphatic hydroxyl groups is 1. The molecule has 0 aliphatic carbocycles. The second-order valence-corrected chi connectivity index (χ2v) is 3.75. The lowest BCUT2D eigenvalue weighted by molar-refractivity contribution is -0.241. The monoisotopic (exact) mass is 232 g/mol. The highest BCUT2D eigenvalue weighted by atomic mass is 16.7. The van der Waals surface area contributed by atoms with Crippen LogP contribution in [0.2, 0.25) is 0 Å². The summed E-state index contributed by atoms with van der Waals surface area (Å²) in [6.45, 7) is 4.17. The molecule has 1 aliphatic heterocycles. The standard InChI is InChI=1S/C10H16O6/c1-5-10(16-7(3)12)8(15-6(2)11)4-9(13)14-5/h5,8-10,13H,4H2,1-3H3/t5-,8-,9?,10-/m1/s1. The first kappa shape index (κ1) is 12.9. The van der Waals surface area contributed by atoms with Crippen molar-refractivity contribution in [1.29, 1.82) is 0 Å². The number of carbonyl (C=O) groups is 2. The Balaban J connectivity index is 2.71. The predicted octanol–water partition coefficient (Wildman–Crippen LogP) is -0.0230. The Morgan fingerprint density at radius 3 is 2.31 bits per heavy atom. The van der Waals surface area contributed by atoms with E-state index >= 15 is 0 Å². The van der Waals surface area contributed by atoms with Gasteiger partial charge in [-0.2, -0.15) is 0 Å². The molecule has 1 unspecified atom stereocenters. The molecule has 0 aromatic rings. The molecule has 0 radical (unpaired) electrons. The van der Waals surface area contributed by atoms with E-state index in [1.165, 1.54) is 13.8 Å². The van der Waals surface area contributed by atoms with Gasteiger partial charge in [0.15, 0.2) is 12.4 Å². The molecule has 0 aromatic carbocycles. The van der Waals surface area contributed by atoms with Gasteiger partial charge in [-0.25, -0.2) is 0 Å². The molecule has 0 amide bonds. The molecule has 16 heavy (non-hydrogen) atoms. The van der Waals surface area contributed by atoms with Gasteiger partial charge in [-0.3, -0.25) is 9.59 Å². The van der Waals surface area contributed by atoms with E-state index in [0.29, 0.717) is 0 Å². The number of carbonyl (C=O) groups excluding carboxylic acids is 2. The van der Waals surface area contributed by atoms with E-state index in [0.717, 1.165) is 0 Å². The summed E-state index contributed by atoms with van der Waals surface area (Å²) in [5.74, 6) is -0.961. The first-order chi connectivity index (χ1) is 7.40. The van der Waals surface area contributed by atoms with Crippen molar-refractivity contribution < 1.29 is 28.9 Å². The summed E-state index contributed by atoms with van der Waals surface area (Å²) >= 11 is 0. The largest absolute Gasteiger partial charge is 0.458 e. The van der Waals surface area contributed by atoms with Crippen molar-refractivity contribution >= 4 is 11.9 Å². The molecule has 4 atom stereocenters. The summed E-state index contributed by atoms with van der Waals surface area (Å²) in [6, 6.07) is 0. The Kier molecular flexibility index (Phi) is 4.26. The minimum absolute atomic E-state index is 0.0991. The molecule has 6 heteroatoms. The van der Waals surface area contributed by atoms with Crippen LogP contribution >= 0.6 is 0 Å². The molecular formula is C10H16O6. The number of ether oxygens (including phenoxy) is 3. The third-order valence-corrected chi connectivity index (χ3v) is 2.25. The maximum Gasteiger partial charge on any atom is 0.303 e. The summed E-state index contributed by atoms with van der Waals surface area (Å²) in [7, 11) is 0. The molecule has 0 aromatic heterocycles. The highest BCUT2D eigenvalue weighted by molar-refractivity contribution is 5.67. The van der Waals surface area contributed by atoms with E-state index in [1.807, 2.05) is 0 Å². The molecule has 1 fully saturated rings. The fourth-order valence-electron chi connectivity index (χ4n) is 1.71. The lowest BCUT2D eigenvalue weighted by Gasteiger charge is -2.37. The summed E-state index contributed by atoms with van der Waals surface area (Å²) in [5, 5.41) is 9.36. The molecule has 6 nitrogen and oxygen atoms in total. The van der Waals surface area contributed by atoms with Crippen molar-refractivity contribution in [3.05, 3.63) is 0 Å². The number of rotatable bonds is 2. The zero-order valence-corrected chi connectivity index (χ0v) is 9.50. The smallest absolute Gasteiger partial charge is 0.303 e. The van der Waals surface area contributed by atoms with Gasteiger partial charge in [0.2, 0.25) is 0 Å². The normalized spacial score (nSPS) is 34.2. The summed E-state index contributed by atoms with van der Waals surface area (Å²) in [5.41, 5.74) is 0. The molecular weight excluding hydrogens is 216 g/mol. The van der Waals surface area contributed by atoms with Crippen LogP contribution in [0.25, 0.3) is 0 Å². The zero-order chi connectivity index (χ0) is 12.3. The fraction of sp³-hybridized carbons (Fsp3) is 0.800. The first-order valence-corrected chi connectivity index (χ1v) is 5.08. The van der Waals surface area contributed by atoms with Crippen molar-refractivity contribution in [2.24, 2.45) is 0 Å². The topological polar surface area (TPSA) is 82.1 Å². The van der Waals surface area contributed by atoms with Crippen LogP contribution in [0.3, 0.4) is 0 Å². The van der Waals surface area contributed by atoms with Gasteiger partial charge >= 0.3 is 11.9 Å². The van der Waals surface area contributed by atoms with Gasteiger partial charge in [0.05, 0.1) is 6.10 Å². The van der Waals surface area contributed by atoms with Crippen molar-refractivity contribution in [3.63, 3.8) is 0 Å². The summed E-state index contributed by atoms with van der Waals surface area (Å²) in [4.78, 5) is 21.8. The zero-order valence-electron chi connectivity index (χ0n) is 9.50. The Morgan fingerprint density at radius 1 is 1.25 bits per heavy atom. The van der Waals surface area contributed by atoms with Crippen LogP contribution in [-0.2, 0) is 23.8 Å². The Bertz CT molecular complexity index is 276. The molecule has 1 aliphatic rings. The molecule has 1 N–H and O–H groups in total. The lowest BCUT2D eigenvalue weighted by atomic mass is 10.0. The Hall–Kier alpha value is -1.14. The van der Waals surface area contributed by atoms with E-state index in [4.69, 9.17) is 14.2 Å². The van der Waals surface area contributed by atoms with Gasteiger partial charge in [0.1, 0.15) is 6.10 Å². The van der Waals surface area contributed by atoms with Crippen LogP contribution in [0.4, 0.5) is 0 Å². The Morgan fingerprint density at radius 2 is 1.81 bits per heavy atom. The van der Waals surface area contributed by atoms with Crippen LogP contribution in [0.5, 0.6) is 0 Å². The molecule has 0 saturated carbocycles. The second kappa shape index (κ2) is 5.27. The quantitative estimate of drug-likeness (QED) is 0.674. The van der Waals surface area contributed by atoms with Gasteiger partial charge in [-0.1, -0.05) is 0 Å². The van der Waals surface area contributed by atoms with E-state index in [9.17, 15) is 14.7 Å². The van der Waals surface area contributed by atoms with Gasteiger partial charge in [0, 0.05) is 20.3 Å². The van der Waals surface area contributed by atoms with E-state index in [-0.39, 0.29) is 6.42 Å². The van der Waals surface area contributed by atoms with Crippen LogP contribution in [0.15, 0.2) is 0 Å². The first-order valence-electron chi connectivity index (χ1n) is 5.08. The number of aliphatic hydroxyl groups excluding tert-OH is 1. The molecule has 1 heterocycles. The van der Waals surface area contributed by atoms with E-state index in [2.05, 4.69) is 0 Å². The SMILES string of the molecule is CC(=O)O[C@@H]1[C@@H](C)OC(O)C[C@H]1OC(C)=O. The predicted molar refractivity (Wildman–Crippen MR) is 52.3 cm³/mol. The van der Waals surface area contributed by atoms with E-state index in [1.54, 1.807) is 6.92 Å². The fourth-order valence-corrected chi connectivity index (χ4v) is 1.71. The van der Waals surface area contributed by atoms with E-state index < -0.39 is 36.5 Å². The summed E-state index contributed by atoms with van der Waals surface area (Å²) in [6.07, 6.45) is -2.77. The molecule has 1 saturated heterocycles. The lowest BCUT2D eigenvalue weighted by Crippen LogP contribution is -2.50. The maximum absolute atomic E-state index is 10.9. The van der Waals surface area contributed by atoms with Crippen molar-refractivity contribution in [3.8, 4) is 0 Å². The minimum Gasteiger partial charge on any atom is -0.458 e. The van der Waals surface area contributed by atoms with Crippen LogP contribution in [0.1, 0.15) is 27.2 Å². The van der Waals surface area contributed by atoms with Crippen molar-refractivity contribution in [2.45, 2.75) is 51.8 Å². The Labute approximate surface area is 93.5 Å². The number of hydrogen-bond donors (Lipinski definition) is 1. The minimum atomic E-state index is -1.01. The molecule has 0 spiro atoms. The van der Waals surface area contributed by atoms with Gasteiger partial charge in [-0.15, -0.1) is 0 Å². The second-order valence-electron chi connectivity index (χ2n) is 3.75. The van der Waals surface area contributed by atoms with Crippen molar-refractivity contribution in [1.82, 2.24) is 0 Å². The van der Waals surface area contributed by atoms with Crippen LogP contribution in [-0.4, -0.2) is 41.6 Å². The number of esters is 2. The third kappa shape index (κ3) is 3.46. The highest BCUT2D eigenvalue weighted by Crippen LogP contribution is 2.24. The third-order valence-electron chi connectivity index (χ3n) is 2.25. The summed E-state index contributed by atoms with van der Waals surface area (Å²) < 4.78 is 15.1. The van der Waals surface area contributed by atoms with Crippen LogP contribution < -0.4 is 0 Å². The average Bonchev–Trinajstić information content (AvgIpc) is 2.09. The number of hydrogen-bond acceptors (Lipinski definition) is 6. The average molecular weight is 232 g/mol. The van der Waals surface area contributed by atoms with Gasteiger partial charge in [-0.05, 0) is 6.92 Å². The molecule has 0 bridgehead atoms. The van der Waals surface area contributed by atoms with Gasteiger partial charge < -0.3 is 19.3 Å². The van der Waals surface area contributed by atoms with Crippen LogP contribution in [0, 0.1) is 0 Å². The van der Waals surface area contributed by atoms with Gasteiger partial charge in [0.25, 0.3) is 0 Å².